The molecule has 7 nitrogen and oxygen atoms in total. The molecule has 0 N–H and O–H groups in total. The third-order valence-electron chi connectivity index (χ3n) is 5.48. The summed E-state index contributed by atoms with van der Waals surface area (Å²) in [6.45, 7) is 0.416. The summed E-state index contributed by atoms with van der Waals surface area (Å²) in [6.07, 6.45) is 3.30. The Hall–Kier alpha value is -3.69. The Bertz CT molecular complexity index is 1650. The average molecular weight is 516 g/mol. The number of anilines is 1. The number of pyridine rings is 1. The molecule has 1 aliphatic rings. The molecule has 1 aliphatic heterocycles. The zero-order valence-corrected chi connectivity index (χ0v) is 19.4. The lowest BCUT2D eigenvalue weighted by molar-refractivity contribution is -0.113. The van der Waals surface area contributed by atoms with Gasteiger partial charge < -0.3 is 4.90 Å². The number of halogens is 1. The molecule has 0 aliphatic carbocycles. The minimum absolute atomic E-state index is 0.206. The lowest BCUT2D eigenvalue weighted by Gasteiger charge is -2.17. The van der Waals surface area contributed by atoms with Crippen molar-refractivity contribution in [2.45, 2.75) is 6.54 Å². The molecule has 0 saturated carbocycles. The molecule has 6 rings (SSSR count). The predicted octanol–water partition coefficient (Wildman–Crippen LogP) is 3.44. The SMILES string of the molecule is O=C1/C(=c2\sc3nc(-c4ccncc4)nn3c2=O)c2cc(Br)ccc2N1Cc1ccccc1. The van der Waals surface area contributed by atoms with Crippen LogP contribution in [0.1, 0.15) is 11.1 Å². The van der Waals surface area contributed by atoms with Crippen molar-refractivity contribution in [3.05, 3.63) is 104 Å². The Morgan fingerprint density at radius 2 is 1.76 bits per heavy atom. The number of thiazole rings is 1. The van der Waals surface area contributed by atoms with Crippen molar-refractivity contribution in [2.24, 2.45) is 0 Å². The zero-order valence-electron chi connectivity index (χ0n) is 17.0. The number of fused-ring (bicyclic) bond motifs is 2. The van der Waals surface area contributed by atoms with Crippen LogP contribution in [0.25, 0.3) is 21.9 Å². The second kappa shape index (κ2) is 7.72. The van der Waals surface area contributed by atoms with E-state index in [0.717, 1.165) is 26.9 Å². The largest absolute Gasteiger partial charge is 0.303 e. The molecule has 9 heteroatoms. The average Bonchev–Trinajstić information content (AvgIpc) is 3.46. The van der Waals surface area contributed by atoms with Gasteiger partial charge in [0.25, 0.3) is 11.5 Å². The Labute approximate surface area is 199 Å². The van der Waals surface area contributed by atoms with Crippen LogP contribution in [0, 0.1) is 0 Å². The van der Waals surface area contributed by atoms with Gasteiger partial charge in [0.2, 0.25) is 4.96 Å². The highest BCUT2D eigenvalue weighted by atomic mass is 79.9. The minimum Gasteiger partial charge on any atom is -0.303 e. The third kappa shape index (κ3) is 3.28. The van der Waals surface area contributed by atoms with Gasteiger partial charge in [0, 0.05) is 28.0 Å². The van der Waals surface area contributed by atoms with E-state index in [2.05, 4.69) is 31.0 Å². The van der Waals surface area contributed by atoms with Crippen LogP contribution in [0.5, 0.6) is 0 Å². The first-order valence-corrected chi connectivity index (χ1v) is 11.7. The summed E-state index contributed by atoms with van der Waals surface area (Å²) < 4.78 is 2.44. The highest BCUT2D eigenvalue weighted by Crippen LogP contribution is 2.38. The van der Waals surface area contributed by atoms with Gasteiger partial charge in [0.1, 0.15) is 4.53 Å². The zero-order chi connectivity index (χ0) is 22.5. The lowest BCUT2D eigenvalue weighted by atomic mass is 10.1. The molecule has 0 spiro atoms. The molecule has 0 saturated heterocycles. The van der Waals surface area contributed by atoms with E-state index in [4.69, 9.17) is 0 Å². The van der Waals surface area contributed by atoms with Crippen molar-refractivity contribution in [1.82, 2.24) is 19.6 Å². The van der Waals surface area contributed by atoms with Crippen molar-refractivity contribution < 1.29 is 4.79 Å². The molecule has 0 bridgehead atoms. The van der Waals surface area contributed by atoms with Crippen LogP contribution in [0.3, 0.4) is 0 Å². The molecule has 5 aromatic rings. The monoisotopic (exact) mass is 515 g/mol. The quantitative estimate of drug-likeness (QED) is 0.367. The highest BCUT2D eigenvalue weighted by molar-refractivity contribution is 9.10. The van der Waals surface area contributed by atoms with Crippen molar-refractivity contribution in [1.29, 1.82) is 0 Å². The topological polar surface area (TPSA) is 80.5 Å². The third-order valence-corrected chi connectivity index (χ3v) is 7.01. The van der Waals surface area contributed by atoms with E-state index < -0.39 is 0 Å². The molecular formula is C24H14BrN5O2S. The normalized spacial score (nSPS) is 14.8. The Morgan fingerprint density at radius 1 is 0.970 bits per heavy atom. The summed E-state index contributed by atoms with van der Waals surface area (Å²) in [4.78, 5) is 37.6. The Kier molecular flexibility index (Phi) is 4.67. The molecule has 4 heterocycles. The van der Waals surface area contributed by atoms with Crippen molar-refractivity contribution >= 4 is 49.4 Å². The molecular weight excluding hydrogens is 502 g/mol. The number of carbonyl (C=O) groups is 1. The number of nitrogens with zero attached hydrogens (tertiary/aromatic N) is 5. The fourth-order valence-electron chi connectivity index (χ4n) is 3.95. The second-order valence-corrected chi connectivity index (χ2v) is 9.41. The van der Waals surface area contributed by atoms with Gasteiger partial charge in [-0.2, -0.15) is 9.50 Å². The number of rotatable bonds is 3. The second-order valence-electron chi connectivity index (χ2n) is 7.52. The smallest absolute Gasteiger partial charge is 0.291 e. The number of hydrogen-bond acceptors (Lipinski definition) is 6. The van der Waals surface area contributed by atoms with Crippen LogP contribution in [0.4, 0.5) is 5.69 Å². The first-order chi connectivity index (χ1) is 16.1. The van der Waals surface area contributed by atoms with Gasteiger partial charge in [-0.05, 0) is 35.9 Å². The van der Waals surface area contributed by atoms with E-state index in [-0.39, 0.29) is 11.5 Å². The van der Waals surface area contributed by atoms with Gasteiger partial charge in [0.05, 0.1) is 17.8 Å². The van der Waals surface area contributed by atoms with Gasteiger partial charge >= 0.3 is 0 Å². The standard InChI is InChI=1S/C24H14BrN5O2S/c25-16-6-7-18-17(12-16)19(22(31)29(18)13-14-4-2-1-3-5-14)20-23(32)30-24(33-20)27-21(28-30)15-8-10-26-11-9-15/h1-12H,13H2/b20-19-. The van der Waals surface area contributed by atoms with Gasteiger partial charge in [-0.1, -0.05) is 57.6 Å². The minimum atomic E-state index is -0.348. The predicted molar refractivity (Wildman–Crippen MR) is 130 cm³/mol. The van der Waals surface area contributed by atoms with E-state index in [1.165, 1.54) is 15.9 Å². The number of benzene rings is 2. The highest BCUT2D eigenvalue weighted by Gasteiger charge is 2.34. The maximum absolute atomic E-state index is 13.6. The molecule has 0 radical (unpaired) electrons. The fraction of sp³-hybridized carbons (Fsp3) is 0.0417. The molecule has 160 valence electrons. The summed E-state index contributed by atoms with van der Waals surface area (Å²) >= 11 is 4.68. The molecule has 33 heavy (non-hydrogen) atoms. The van der Waals surface area contributed by atoms with Gasteiger partial charge in [0.15, 0.2) is 5.82 Å². The van der Waals surface area contributed by atoms with Crippen molar-refractivity contribution in [2.75, 3.05) is 4.90 Å². The maximum atomic E-state index is 13.6. The Morgan fingerprint density at radius 3 is 2.52 bits per heavy atom. The molecule has 3 aromatic heterocycles. The first kappa shape index (κ1) is 20.0. The summed E-state index contributed by atoms with van der Waals surface area (Å²) in [5, 5.41) is 4.39. The van der Waals surface area contributed by atoms with Crippen LogP contribution in [0.2, 0.25) is 0 Å². The van der Waals surface area contributed by atoms with Gasteiger partial charge in [-0.25, -0.2) is 0 Å². The summed E-state index contributed by atoms with van der Waals surface area (Å²) in [5.41, 5.74) is 3.32. The molecule has 1 amide bonds. The summed E-state index contributed by atoms with van der Waals surface area (Å²) in [7, 11) is 0. The van der Waals surface area contributed by atoms with Crippen LogP contribution >= 0.6 is 27.3 Å². The van der Waals surface area contributed by atoms with Crippen LogP contribution in [0.15, 0.2) is 82.3 Å². The van der Waals surface area contributed by atoms with E-state index in [9.17, 15) is 9.59 Å². The first-order valence-electron chi connectivity index (χ1n) is 10.1. The number of amides is 1. The molecule has 2 aromatic carbocycles. The molecule has 0 fully saturated rings. The van der Waals surface area contributed by atoms with Crippen molar-refractivity contribution in [3.63, 3.8) is 0 Å². The Balaban J connectivity index is 1.53. The van der Waals surface area contributed by atoms with Crippen LogP contribution in [-0.4, -0.2) is 25.5 Å². The number of hydrogen-bond donors (Lipinski definition) is 0. The van der Waals surface area contributed by atoms with Crippen molar-refractivity contribution in [3.8, 4) is 11.4 Å². The number of aromatic nitrogens is 4. The molecule has 0 unspecified atom stereocenters. The lowest BCUT2D eigenvalue weighted by Crippen LogP contribution is -2.32. The van der Waals surface area contributed by atoms with E-state index in [0.29, 0.717) is 27.4 Å². The summed E-state index contributed by atoms with van der Waals surface area (Å²) in [6, 6.07) is 19.0. The van der Waals surface area contributed by atoms with Gasteiger partial charge in [-0.3, -0.25) is 14.6 Å². The summed E-state index contributed by atoms with van der Waals surface area (Å²) in [5.74, 6) is 0.242. The number of carbonyl (C=O) groups excluding carboxylic acids is 1. The maximum Gasteiger partial charge on any atom is 0.291 e. The van der Waals surface area contributed by atoms with E-state index >= 15 is 0 Å². The van der Waals surface area contributed by atoms with E-state index in [1.54, 1.807) is 29.4 Å². The molecule has 0 atom stereocenters. The fourth-order valence-corrected chi connectivity index (χ4v) is 5.31. The van der Waals surface area contributed by atoms with Crippen LogP contribution in [-0.2, 0) is 11.3 Å². The van der Waals surface area contributed by atoms with E-state index in [1.807, 2.05) is 48.5 Å². The van der Waals surface area contributed by atoms with Crippen LogP contribution < -0.4 is 15.0 Å². The van der Waals surface area contributed by atoms with Gasteiger partial charge in [-0.15, -0.1) is 5.10 Å².